The molecule has 0 unspecified atom stereocenters. The van der Waals surface area contributed by atoms with Gasteiger partial charge in [-0.3, -0.25) is 4.79 Å². The number of carbonyl (C=O) groups is 1. The minimum Gasteiger partial charge on any atom is -0.396 e. The monoisotopic (exact) mass is 256 g/mol. The predicted octanol–water partition coefficient (Wildman–Crippen LogP) is 2.71. The SMILES string of the molecule is CCC(CC)CNC(=O)c1cc(F)cc(N)c1F. The van der Waals surface area contributed by atoms with Gasteiger partial charge in [0.15, 0.2) is 5.82 Å². The number of carbonyl (C=O) groups excluding carboxylic acids is 1. The third kappa shape index (κ3) is 3.42. The molecule has 0 fully saturated rings. The van der Waals surface area contributed by atoms with Gasteiger partial charge in [-0.2, -0.15) is 0 Å². The first-order valence-electron chi connectivity index (χ1n) is 6.02. The first-order valence-corrected chi connectivity index (χ1v) is 6.02. The number of hydrogen-bond donors (Lipinski definition) is 2. The highest BCUT2D eigenvalue weighted by atomic mass is 19.1. The maximum absolute atomic E-state index is 13.6. The Morgan fingerprint density at radius 3 is 2.50 bits per heavy atom. The Balaban J connectivity index is 2.78. The van der Waals surface area contributed by atoms with Crippen LogP contribution in [-0.4, -0.2) is 12.5 Å². The van der Waals surface area contributed by atoms with E-state index in [0.717, 1.165) is 25.0 Å². The molecule has 0 bridgehead atoms. The molecular weight excluding hydrogens is 238 g/mol. The number of rotatable bonds is 5. The van der Waals surface area contributed by atoms with Gasteiger partial charge < -0.3 is 11.1 Å². The van der Waals surface area contributed by atoms with E-state index in [1.54, 1.807) is 0 Å². The van der Waals surface area contributed by atoms with E-state index in [0.29, 0.717) is 12.5 Å². The lowest BCUT2D eigenvalue weighted by molar-refractivity contribution is 0.0942. The highest BCUT2D eigenvalue weighted by Crippen LogP contribution is 2.17. The average Bonchev–Trinajstić information content (AvgIpc) is 2.34. The fourth-order valence-electron chi connectivity index (χ4n) is 1.69. The summed E-state index contributed by atoms with van der Waals surface area (Å²) in [4.78, 5) is 11.7. The van der Waals surface area contributed by atoms with Gasteiger partial charge in [0, 0.05) is 6.54 Å². The number of hydrogen-bond acceptors (Lipinski definition) is 2. The van der Waals surface area contributed by atoms with E-state index in [4.69, 9.17) is 5.73 Å². The number of amides is 1. The van der Waals surface area contributed by atoms with Crippen molar-refractivity contribution in [2.45, 2.75) is 26.7 Å². The summed E-state index contributed by atoms with van der Waals surface area (Å²) in [5, 5.41) is 2.60. The van der Waals surface area contributed by atoms with Crippen LogP contribution in [0.15, 0.2) is 12.1 Å². The molecule has 1 amide bonds. The van der Waals surface area contributed by atoms with Crippen molar-refractivity contribution in [1.29, 1.82) is 0 Å². The zero-order chi connectivity index (χ0) is 13.7. The molecule has 1 aromatic rings. The summed E-state index contributed by atoms with van der Waals surface area (Å²) in [5.74, 6) is -1.89. The molecule has 0 saturated heterocycles. The Bertz CT molecular complexity index is 431. The molecule has 3 N–H and O–H groups in total. The minimum atomic E-state index is -0.876. The summed E-state index contributed by atoms with van der Waals surface area (Å²) < 4.78 is 26.6. The Morgan fingerprint density at radius 2 is 1.94 bits per heavy atom. The maximum Gasteiger partial charge on any atom is 0.254 e. The number of benzene rings is 1. The minimum absolute atomic E-state index is 0.336. The smallest absolute Gasteiger partial charge is 0.254 e. The third-order valence-electron chi connectivity index (χ3n) is 3.02. The van der Waals surface area contributed by atoms with E-state index in [2.05, 4.69) is 5.32 Å². The molecule has 0 heterocycles. The quantitative estimate of drug-likeness (QED) is 0.796. The Labute approximate surface area is 105 Å². The van der Waals surface area contributed by atoms with Gasteiger partial charge in [-0.15, -0.1) is 0 Å². The molecule has 0 spiro atoms. The van der Waals surface area contributed by atoms with Gasteiger partial charge >= 0.3 is 0 Å². The van der Waals surface area contributed by atoms with E-state index in [1.165, 1.54) is 0 Å². The Hall–Kier alpha value is -1.65. The van der Waals surface area contributed by atoms with Gasteiger partial charge in [-0.1, -0.05) is 26.7 Å². The second-order valence-electron chi connectivity index (χ2n) is 4.25. The number of halogens is 2. The van der Waals surface area contributed by atoms with Crippen molar-refractivity contribution in [2.24, 2.45) is 5.92 Å². The Kier molecular flexibility index (Phi) is 5.07. The average molecular weight is 256 g/mol. The second-order valence-corrected chi connectivity index (χ2v) is 4.25. The number of nitrogen functional groups attached to an aromatic ring is 1. The van der Waals surface area contributed by atoms with Gasteiger partial charge in [-0.05, 0) is 18.1 Å². The normalized spacial score (nSPS) is 10.7. The number of anilines is 1. The summed E-state index contributed by atoms with van der Waals surface area (Å²) in [7, 11) is 0. The van der Waals surface area contributed by atoms with Crippen LogP contribution in [0.3, 0.4) is 0 Å². The van der Waals surface area contributed by atoms with Crippen LogP contribution in [0.4, 0.5) is 14.5 Å². The van der Waals surface area contributed by atoms with E-state index < -0.39 is 17.5 Å². The molecule has 100 valence electrons. The van der Waals surface area contributed by atoms with E-state index in [-0.39, 0.29) is 11.3 Å². The lowest BCUT2D eigenvalue weighted by Gasteiger charge is -2.13. The molecule has 5 heteroatoms. The second kappa shape index (κ2) is 6.33. The predicted molar refractivity (Wildman–Crippen MR) is 67.2 cm³/mol. The van der Waals surface area contributed by atoms with Crippen LogP contribution in [0.1, 0.15) is 37.0 Å². The van der Waals surface area contributed by atoms with Crippen molar-refractivity contribution >= 4 is 11.6 Å². The van der Waals surface area contributed by atoms with Gasteiger partial charge in [0.25, 0.3) is 5.91 Å². The topological polar surface area (TPSA) is 55.1 Å². The number of nitrogens with one attached hydrogen (secondary N) is 1. The molecule has 18 heavy (non-hydrogen) atoms. The zero-order valence-corrected chi connectivity index (χ0v) is 10.6. The summed E-state index contributed by atoms with van der Waals surface area (Å²) in [6.45, 7) is 4.48. The van der Waals surface area contributed by atoms with Crippen molar-refractivity contribution < 1.29 is 13.6 Å². The molecule has 0 aromatic heterocycles. The molecule has 0 radical (unpaired) electrons. The molecule has 0 aliphatic rings. The van der Waals surface area contributed by atoms with Crippen LogP contribution >= 0.6 is 0 Å². The lowest BCUT2D eigenvalue weighted by atomic mass is 10.0. The summed E-state index contributed by atoms with van der Waals surface area (Å²) in [6, 6.07) is 1.71. The van der Waals surface area contributed by atoms with E-state index in [9.17, 15) is 13.6 Å². The van der Waals surface area contributed by atoms with Gasteiger partial charge in [-0.25, -0.2) is 8.78 Å². The molecule has 0 aliphatic carbocycles. The van der Waals surface area contributed by atoms with Crippen molar-refractivity contribution in [3.8, 4) is 0 Å². The van der Waals surface area contributed by atoms with Crippen LogP contribution in [0.2, 0.25) is 0 Å². The maximum atomic E-state index is 13.6. The summed E-state index contributed by atoms with van der Waals surface area (Å²) in [6.07, 6.45) is 1.84. The van der Waals surface area contributed by atoms with Crippen LogP contribution in [0, 0.1) is 17.6 Å². The fraction of sp³-hybridized carbons (Fsp3) is 0.462. The molecule has 0 atom stereocenters. The van der Waals surface area contributed by atoms with Crippen molar-refractivity contribution in [3.63, 3.8) is 0 Å². The van der Waals surface area contributed by atoms with Crippen LogP contribution in [-0.2, 0) is 0 Å². The first-order chi connectivity index (χ1) is 8.49. The molecule has 3 nitrogen and oxygen atoms in total. The van der Waals surface area contributed by atoms with Gasteiger partial charge in [0.1, 0.15) is 5.82 Å². The highest BCUT2D eigenvalue weighted by molar-refractivity contribution is 5.95. The van der Waals surface area contributed by atoms with Gasteiger partial charge in [0.2, 0.25) is 0 Å². The largest absolute Gasteiger partial charge is 0.396 e. The fourth-order valence-corrected chi connectivity index (χ4v) is 1.69. The van der Waals surface area contributed by atoms with Crippen LogP contribution < -0.4 is 11.1 Å². The van der Waals surface area contributed by atoms with E-state index in [1.807, 2.05) is 13.8 Å². The van der Waals surface area contributed by atoms with Crippen molar-refractivity contribution in [3.05, 3.63) is 29.3 Å². The molecular formula is C13H18F2N2O. The van der Waals surface area contributed by atoms with Crippen LogP contribution in [0.25, 0.3) is 0 Å². The molecule has 1 rings (SSSR count). The molecule has 1 aromatic carbocycles. The Morgan fingerprint density at radius 1 is 1.33 bits per heavy atom. The van der Waals surface area contributed by atoms with Crippen molar-refractivity contribution in [1.82, 2.24) is 5.32 Å². The van der Waals surface area contributed by atoms with Crippen molar-refractivity contribution in [2.75, 3.05) is 12.3 Å². The van der Waals surface area contributed by atoms with Crippen LogP contribution in [0.5, 0.6) is 0 Å². The standard InChI is InChI=1S/C13H18F2N2O/c1-3-8(4-2)7-17-13(18)10-5-9(14)6-11(16)12(10)15/h5-6,8H,3-4,7,16H2,1-2H3,(H,17,18). The third-order valence-corrected chi connectivity index (χ3v) is 3.02. The van der Waals surface area contributed by atoms with Gasteiger partial charge in [0.05, 0.1) is 11.3 Å². The summed E-state index contributed by atoms with van der Waals surface area (Å²) >= 11 is 0. The zero-order valence-electron chi connectivity index (χ0n) is 10.6. The molecule has 0 saturated carbocycles. The number of nitrogens with two attached hydrogens (primary N) is 1. The van der Waals surface area contributed by atoms with E-state index >= 15 is 0 Å². The first kappa shape index (κ1) is 14.4. The summed E-state index contributed by atoms with van der Waals surface area (Å²) in [5.41, 5.74) is 4.57. The molecule has 0 aliphatic heterocycles. The lowest BCUT2D eigenvalue weighted by Crippen LogP contribution is -2.29. The highest BCUT2D eigenvalue weighted by Gasteiger charge is 2.16.